The van der Waals surface area contributed by atoms with Gasteiger partial charge in [0.25, 0.3) is 0 Å². The minimum Gasteiger partial charge on any atom is -0.474 e. The van der Waals surface area contributed by atoms with Crippen LogP contribution in [0.1, 0.15) is 67.2 Å². The standard InChI is InChI=1S/C16H31NO/c1-12(18-16(5,6)7)17-14-10-8-9-13(14)11-15(2,3)4/h13-14,17H,1,8-11H2,2-7H3. The molecular weight excluding hydrogens is 222 g/mol. The van der Waals surface area contributed by atoms with Gasteiger partial charge in [-0.2, -0.15) is 0 Å². The lowest BCUT2D eigenvalue weighted by molar-refractivity contribution is 0.0360. The fraction of sp³-hybridized carbons (Fsp3) is 0.875. The van der Waals surface area contributed by atoms with Gasteiger partial charge in [0.05, 0.1) is 0 Å². The molecule has 18 heavy (non-hydrogen) atoms. The van der Waals surface area contributed by atoms with Gasteiger partial charge in [-0.15, -0.1) is 0 Å². The Morgan fingerprint density at radius 1 is 1.17 bits per heavy atom. The Morgan fingerprint density at radius 2 is 1.78 bits per heavy atom. The molecule has 0 spiro atoms. The largest absolute Gasteiger partial charge is 0.474 e. The Morgan fingerprint density at radius 3 is 2.28 bits per heavy atom. The summed E-state index contributed by atoms with van der Waals surface area (Å²) in [7, 11) is 0. The van der Waals surface area contributed by atoms with Crippen molar-refractivity contribution in [2.45, 2.75) is 78.9 Å². The first kappa shape index (κ1) is 15.4. The Bertz CT molecular complexity index is 282. The SMILES string of the molecule is C=C(NC1CCCC1CC(C)(C)C)OC(C)(C)C. The molecule has 1 saturated carbocycles. The number of hydrogen-bond acceptors (Lipinski definition) is 2. The zero-order valence-electron chi connectivity index (χ0n) is 13.1. The first-order valence-electron chi connectivity index (χ1n) is 7.21. The highest BCUT2D eigenvalue weighted by atomic mass is 16.5. The average Bonchev–Trinajstić information content (AvgIpc) is 2.45. The molecule has 0 bridgehead atoms. The van der Waals surface area contributed by atoms with Gasteiger partial charge in [-0.25, -0.2) is 0 Å². The molecule has 0 aromatic carbocycles. The molecule has 2 unspecified atom stereocenters. The molecule has 0 aromatic rings. The number of nitrogens with one attached hydrogen (secondary N) is 1. The van der Waals surface area contributed by atoms with Crippen molar-refractivity contribution in [2.75, 3.05) is 0 Å². The van der Waals surface area contributed by atoms with Crippen LogP contribution in [0, 0.1) is 11.3 Å². The summed E-state index contributed by atoms with van der Waals surface area (Å²) in [4.78, 5) is 0. The van der Waals surface area contributed by atoms with Crippen LogP contribution in [0.3, 0.4) is 0 Å². The monoisotopic (exact) mass is 253 g/mol. The minimum absolute atomic E-state index is 0.164. The first-order valence-corrected chi connectivity index (χ1v) is 7.21. The Balaban J connectivity index is 2.48. The van der Waals surface area contributed by atoms with Crippen molar-refractivity contribution in [3.05, 3.63) is 12.5 Å². The lowest BCUT2D eigenvalue weighted by Gasteiger charge is -2.31. The minimum atomic E-state index is -0.164. The van der Waals surface area contributed by atoms with Gasteiger partial charge in [-0.05, 0) is 57.9 Å². The predicted molar refractivity (Wildman–Crippen MR) is 78.3 cm³/mol. The zero-order valence-corrected chi connectivity index (χ0v) is 13.1. The number of ether oxygens (including phenoxy) is 1. The summed E-state index contributed by atoms with van der Waals surface area (Å²) in [6.45, 7) is 17.1. The van der Waals surface area contributed by atoms with E-state index in [0.717, 1.165) is 11.8 Å². The van der Waals surface area contributed by atoms with E-state index in [2.05, 4.69) is 53.4 Å². The third kappa shape index (κ3) is 5.79. The molecular formula is C16H31NO. The lowest BCUT2D eigenvalue weighted by Crippen LogP contribution is -2.36. The van der Waals surface area contributed by atoms with Gasteiger partial charge in [0.2, 0.25) is 0 Å². The molecule has 2 nitrogen and oxygen atoms in total. The molecule has 0 amide bonds. The van der Waals surface area contributed by atoms with Gasteiger partial charge in [0.15, 0.2) is 5.88 Å². The zero-order chi connectivity index (χ0) is 14.0. The van der Waals surface area contributed by atoms with E-state index >= 15 is 0 Å². The molecule has 0 aliphatic heterocycles. The molecule has 1 aliphatic rings. The summed E-state index contributed by atoms with van der Waals surface area (Å²) in [6, 6.07) is 0.541. The van der Waals surface area contributed by atoms with Crippen molar-refractivity contribution in [1.82, 2.24) is 5.32 Å². The van der Waals surface area contributed by atoms with Gasteiger partial charge in [-0.3, -0.25) is 0 Å². The van der Waals surface area contributed by atoms with Crippen LogP contribution in [0.25, 0.3) is 0 Å². The second-order valence-electron chi connectivity index (χ2n) is 7.84. The van der Waals surface area contributed by atoms with E-state index in [9.17, 15) is 0 Å². The maximum atomic E-state index is 5.77. The van der Waals surface area contributed by atoms with Crippen LogP contribution in [-0.4, -0.2) is 11.6 Å². The van der Waals surface area contributed by atoms with E-state index < -0.39 is 0 Å². The summed E-state index contributed by atoms with van der Waals surface area (Å²) in [5.74, 6) is 1.48. The summed E-state index contributed by atoms with van der Waals surface area (Å²) in [6.07, 6.45) is 5.17. The number of rotatable bonds is 4. The van der Waals surface area contributed by atoms with Crippen molar-refractivity contribution in [2.24, 2.45) is 11.3 Å². The third-order valence-electron chi connectivity index (χ3n) is 3.31. The van der Waals surface area contributed by atoms with Crippen LogP contribution < -0.4 is 5.32 Å². The Labute approximate surface area is 113 Å². The molecule has 1 N–H and O–H groups in total. The fourth-order valence-electron chi connectivity index (χ4n) is 2.86. The van der Waals surface area contributed by atoms with Crippen LogP contribution in [0.15, 0.2) is 12.5 Å². The average molecular weight is 253 g/mol. The maximum Gasteiger partial charge on any atom is 0.180 e. The molecule has 0 aromatic heterocycles. The van der Waals surface area contributed by atoms with Gasteiger partial charge in [0, 0.05) is 6.04 Å². The molecule has 2 atom stereocenters. The first-order chi connectivity index (χ1) is 8.07. The second kappa shape index (κ2) is 5.54. The van der Waals surface area contributed by atoms with Gasteiger partial charge >= 0.3 is 0 Å². The second-order valence-corrected chi connectivity index (χ2v) is 7.84. The summed E-state index contributed by atoms with van der Waals surface area (Å²) < 4.78 is 5.77. The van der Waals surface area contributed by atoms with Crippen LogP contribution >= 0.6 is 0 Å². The van der Waals surface area contributed by atoms with Crippen molar-refractivity contribution in [3.63, 3.8) is 0 Å². The molecule has 0 heterocycles. The molecule has 2 heteroatoms. The lowest BCUT2D eigenvalue weighted by atomic mass is 9.82. The molecule has 1 fully saturated rings. The fourth-order valence-corrected chi connectivity index (χ4v) is 2.86. The van der Waals surface area contributed by atoms with E-state index in [1.165, 1.54) is 25.7 Å². The molecule has 106 valence electrons. The van der Waals surface area contributed by atoms with Gasteiger partial charge in [0.1, 0.15) is 5.60 Å². The maximum absolute atomic E-state index is 5.77. The highest BCUT2D eigenvalue weighted by Crippen LogP contribution is 2.36. The van der Waals surface area contributed by atoms with Crippen molar-refractivity contribution in [3.8, 4) is 0 Å². The topological polar surface area (TPSA) is 21.3 Å². The summed E-state index contributed by atoms with van der Waals surface area (Å²) in [5.41, 5.74) is 0.239. The quantitative estimate of drug-likeness (QED) is 0.747. The van der Waals surface area contributed by atoms with Crippen molar-refractivity contribution in [1.29, 1.82) is 0 Å². The van der Waals surface area contributed by atoms with Crippen LogP contribution in [0.4, 0.5) is 0 Å². The van der Waals surface area contributed by atoms with Gasteiger partial charge in [-0.1, -0.05) is 27.2 Å². The van der Waals surface area contributed by atoms with E-state index in [1.807, 2.05) is 0 Å². The highest BCUT2D eigenvalue weighted by molar-refractivity contribution is 4.93. The normalized spacial score (nSPS) is 25.0. The molecule has 1 rings (SSSR count). The molecule has 1 aliphatic carbocycles. The number of hydrogen-bond donors (Lipinski definition) is 1. The predicted octanol–water partition coefficient (Wildman–Crippen LogP) is 4.47. The van der Waals surface area contributed by atoms with Crippen LogP contribution in [0.2, 0.25) is 0 Å². The molecule has 0 radical (unpaired) electrons. The van der Waals surface area contributed by atoms with E-state index in [0.29, 0.717) is 11.5 Å². The third-order valence-corrected chi connectivity index (χ3v) is 3.31. The Kier molecular flexibility index (Phi) is 4.74. The van der Waals surface area contributed by atoms with E-state index in [-0.39, 0.29) is 5.60 Å². The van der Waals surface area contributed by atoms with Crippen molar-refractivity contribution >= 4 is 0 Å². The molecule has 0 saturated heterocycles. The highest BCUT2D eigenvalue weighted by Gasteiger charge is 2.31. The summed E-state index contributed by atoms with van der Waals surface area (Å²) in [5, 5.41) is 3.49. The van der Waals surface area contributed by atoms with Crippen molar-refractivity contribution < 1.29 is 4.74 Å². The Hall–Kier alpha value is -0.660. The van der Waals surface area contributed by atoms with E-state index in [4.69, 9.17) is 4.74 Å². The van der Waals surface area contributed by atoms with Crippen LogP contribution in [-0.2, 0) is 4.74 Å². The van der Waals surface area contributed by atoms with Crippen LogP contribution in [0.5, 0.6) is 0 Å². The van der Waals surface area contributed by atoms with E-state index in [1.54, 1.807) is 0 Å². The van der Waals surface area contributed by atoms with Gasteiger partial charge < -0.3 is 10.1 Å². The smallest absolute Gasteiger partial charge is 0.180 e. The summed E-state index contributed by atoms with van der Waals surface area (Å²) >= 11 is 0.